The smallest absolute Gasteiger partial charge is 0.383 e. The number of hydrogen-bond donors (Lipinski definition) is 1. The second kappa shape index (κ2) is 5.60. The highest BCUT2D eigenvalue weighted by Gasteiger charge is 2.27. The number of halogens is 4. The number of anilines is 1. The van der Waals surface area contributed by atoms with Gasteiger partial charge in [0.2, 0.25) is 0 Å². The van der Waals surface area contributed by atoms with Crippen molar-refractivity contribution in [1.82, 2.24) is 4.98 Å². The van der Waals surface area contributed by atoms with Crippen molar-refractivity contribution < 1.29 is 13.2 Å². The van der Waals surface area contributed by atoms with Crippen LogP contribution in [0.4, 0.5) is 18.9 Å². The maximum atomic E-state index is 11.8. The van der Waals surface area contributed by atoms with E-state index in [0.717, 1.165) is 10.2 Å². The predicted molar refractivity (Wildman–Crippen MR) is 58.9 cm³/mol. The monoisotopic (exact) mass is 300 g/mol. The van der Waals surface area contributed by atoms with Gasteiger partial charge in [0.1, 0.15) is 0 Å². The highest BCUT2D eigenvalue weighted by atomic mass is 79.9. The maximum Gasteiger partial charge on any atom is 0.441 e. The molecule has 1 N–H and O–H groups in total. The molecule has 84 valence electrons. The van der Waals surface area contributed by atoms with Gasteiger partial charge in [-0.05, 0) is 33.8 Å². The summed E-state index contributed by atoms with van der Waals surface area (Å²) in [6.45, 7) is 0.257. The second-order valence-corrected chi connectivity index (χ2v) is 4.59. The number of pyridine rings is 1. The fourth-order valence-corrected chi connectivity index (χ4v) is 1.70. The van der Waals surface area contributed by atoms with Crippen molar-refractivity contribution in [3.05, 3.63) is 22.9 Å². The third kappa shape index (κ3) is 5.27. The number of alkyl halides is 3. The second-order valence-electron chi connectivity index (χ2n) is 2.58. The standard InChI is InChI=1S/C8H8BrF3N2S/c9-6-5-13-2-1-7(6)14-3-4-15-8(10,11)12/h1-2,5H,3-4H2,(H,13,14). The van der Waals surface area contributed by atoms with Gasteiger partial charge in [0.15, 0.2) is 0 Å². The minimum Gasteiger partial charge on any atom is -0.383 e. The summed E-state index contributed by atoms with van der Waals surface area (Å²) in [7, 11) is 0. The first-order chi connectivity index (χ1) is 6.99. The lowest BCUT2D eigenvalue weighted by Crippen LogP contribution is -2.09. The SMILES string of the molecule is FC(F)(F)SCCNc1ccncc1Br. The quantitative estimate of drug-likeness (QED) is 0.862. The average molecular weight is 301 g/mol. The minimum atomic E-state index is -4.16. The van der Waals surface area contributed by atoms with Crippen molar-refractivity contribution in [3.8, 4) is 0 Å². The van der Waals surface area contributed by atoms with E-state index < -0.39 is 5.51 Å². The highest BCUT2D eigenvalue weighted by molar-refractivity contribution is 9.10. The molecule has 1 heterocycles. The average Bonchev–Trinajstić information content (AvgIpc) is 2.13. The molecule has 7 heteroatoms. The van der Waals surface area contributed by atoms with E-state index in [0.29, 0.717) is 0 Å². The third-order valence-electron chi connectivity index (χ3n) is 1.46. The van der Waals surface area contributed by atoms with E-state index in [4.69, 9.17) is 0 Å². The molecular formula is C8H8BrF3N2S. The van der Waals surface area contributed by atoms with Gasteiger partial charge in [-0.1, -0.05) is 0 Å². The van der Waals surface area contributed by atoms with Crippen LogP contribution in [0, 0.1) is 0 Å². The van der Waals surface area contributed by atoms with Crippen molar-refractivity contribution in [2.45, 2.75) is 5.51 Å². The van der Waals surface area contributed by atoms with E-state index in [-0.39, 0.29) is 24.1 Å². The molecule has 0 aromatic carbocycles. The number of nitrogens with zero attached hydrogens (tertiary/aromatic N) is 1. The zero-order valence-electron chi connectivity index (χ0n) is 7.51. The topological polar surface area (TPSA) is 24.9 Å². The van der Waals surface area contributed by atoms with Crippen LogP contribution in [0.1, 0.15) is 0 Å². The Bertz CT molecular complexity index is 319. The number of rotatable bonds is 4. The lowest BCUT2D eigenvalue weighted by atomic mass is 10.4. The van der Waals surface area contributed by atoms with Crippen molar-refractivity contribution in [1.29, 1.82) is 0 Å². The van der Waals surface area contributed by atoms with Gasteiger partial charge in [-0.25, -0.2) is 0 Å². The van der Waals surface area contributed by atoms with E-state index in [9.17, 15) is 13.2 Å². The van der Waals surface area contributed by atoms with Crippen LogP contribution in [0.2, 0.25) is 0 Å². The Morgan fingerprint density at radius 2 is 2.20 bits per heavy atom. The molecule has 0 unspecified atom stereocenters. The number of nitrogens with one attached hydrogen (secondary N) is 1. The molecule has 0 saturated heterocycles. The molecule has 0 atom stereocenters. The minimum absolute atomic E-state index is 0.0156. The summed E-state index contributed by atoms with van der Waals surface area (Å²) in [5.41, 5.74) is -3.41. The van der Waals surface area contributed by atoms with Crippen molar-refractivity contribution >= 4 is 33.4 Å². The van der Waals surface area contributed by atoms with Crippen LogP contribution in [-0.2, 0) is 0 Å². The largest absolute Gasteiger partial charge is 0.441 e. The van der Waals surface area contributed by atoms with Crippen LogP contribution >= 0.6 is 27.7 Å². The lowest BCUT2D eigenvalue weighted by Gasteiger charge is -2.08. The summed E-state index contributed by atoms with van der Waals surface area (Å²) in [5.74, 6) is -0.0156. The zero-order chi connectivity index (χ0) is 11.3. The van der Waals surface area contributed by atoms with E-state index >= 15 is 0 Å². The zero-order valence-corrected chi connectivity index (χ0v) is 9.92. The van der Waals surface area contributed by atoms with Crippen LogP contribution in [0.5, 0.6) is 0 Å². The third-order valence-corrected chi connectivity index (χ3v) is 2.82. The summed E-state index contributed by atoms with van der Waals surface area (Å²) in [4.78, 5) is 3.84. The molecule has 0 bridgehead atoms. The number of hydrogen-bond acceptors (Lipinski definition) is 3. The Morgan fingerprint density at radius 3 is 2.80 bits per heavy atom. The van der Waals surface area contributed by atoms with Gasteiger partial charge in [0.05, 0.1) is 10.2 Å². The molecule has 0 aliphatic rings. The molecule has 0 amide bonds. The summed E-state index contributed by atoms with van der Waals surface area (Å²) in [6, 6.07) is 1.70. The Balaban J connectivity index is 2.30. The summed E-state index contributed by atoms with van der Waals surface area (Å²) in [6.07, 6.45) is 3.16. The number of aromatic nitrogens is 1. The van der Waals surface area contributed by atoms with E-state index in [2.05, 4.69) is 26.2 Å². The lowest BCUT2D eigenvalue weighted by molar-refractivity contribution is -0.0327. The number of thioether (sulfide) groups is 1. The molecule has 15 heavy (non-hydrogen) atoms. The summed E-state index contributed by atoms with van der Waals surface area (Å²) < 4.78 is 36.1. The molecule has 0 aliphatic heterocycles. The van der Waals surface area contributed by atoms with Gasteiger partial charge in [0, 0.05) is 24.7 Å². The van der Waals surface area contributed by atoms with Gasteiger partial charge in [-0.2, -0.15) is 13.2 Å². The van der Waals surface area contributed by atoms with E-state index in [1.165, 1.54) is 0 Å². The Morgan fingerprint density at radius 1 is 1.47 bits per heavy atom. The van der Waals surface area contributed by atoms with Gasteiger partial charge in [-0.3, -0.25) is 4.98 Å². The van der Waals surface area contributed by atoms with Gasteiger partial charge in [0.25, 0.3) is 0 Å². The van der Waals surface area contributed by atoms with Crippen LogP contribution < -0.4 is 5.32 Å². The van der Waals surface area contributed by atoms with Crippen molar-refractivity contribution in [3.63, 3.8) is 0 Å². The summed E-state index contributed by atoms with van der Waals surface area (Å²) >= 11 is 3.20. The van der Waals surface area contributed by atoms with E-state index in [1.54, 1.807) is 18.5 Å². The first-order valence-electron chi connectivity index (χ1n) is 4.03. The molecule has 0 spiro atoms. The molecule has 1 rings (SSSR count). The fraction of sp³-hybridized carbons (Fsp3) is 0.375. The maximum absolute atomic E-state index is 11.8. The van der Waals surface area contributed by atoms with E-state index in [1.807, 2.05) is 0 Å². The van der Waals surface area contributed by atoms with Crippen LogP contribution in [0.15, 0.2) is 22.9 Å². The van der Waals surface area contributed by atoms with Crippen LogP contribution in [-0.4, -0.2) is 22.8 Å². The Kier molecular flexibility index (Phi) is 4.72. The van der Waals surface area contributed by atoms with Gasteiger partial charge in [-0.15, -0.1) is 0 Å². The first kappa shape index (κ1) is 12.6. The molecule has 1 aromatic rings. The van der Waals surface area contributed by atoms with Crippen molar-refractivity contribution in [2.75, 3.05) is 17.6 Å². The first-order valence-corrected chi connectivity index (χ1v) is 5.81. The molecule has 0 saturated carbocycles. The molecular weight excluding hydrogens is 293 g/mol. The Labute approximate surface area is 97.8 Å². The van der Waals surface area contributed by atoms with Crippen molar-refractivity contribution in [2.24, 2.45) is 0 Å². The molecule has 0 radical (unpaired) electrons. The summed E-state index contributed by atoms with van der Waals surface area (Å²) in [5, 5.41) is 2.88. The molecule has 1 aromatic heterocycles. The molecule has 0 fully saturated rings. The predicted octanol–water partition coefficient (Wildman–Crippen LogP) is 3.51. The van der Waals surface area contributed by atoms with Gasteiger partial charge < -0.3 is 5.32 Å². The normalized spacial score (nSPS) is 11.5. The van der Waals surface area contributed by atoms with Crippen LogP contribution in [0.3, 0.4) is 0 Å². The van der Waals surface area contributed by atoms with Crippen LogP contribution in [0.25, 0.3) is 0 Å². The Hall–Kier alpha value is -0.430. The molecule has 0 aliphatic carbocycles. The van der Waals surface area contributed by atoms with Gasteiger partial charge >= 0.3 is 5.51 Å². The highest BCUT2D eigenvalue weighted by Crippen LogP contribution is 2.29. The fourth-order valence-electron chi connectivity index (χ4n) is 0.871. The molecule has 2 nitrogen and oxygen atoms in total.